The summed E-state index contributed by atoms with van der Waals surface area (Å²) >= 11 is 0. The van der Waals surface area contributed by atoms with Gasteiger partial charge in [0.15, 0.2) is 0 Å². The largest absolute Gasteiger partial charge is 0.489 e. The van der Waals surface area contributed by atoms with Crippen LogP contribution in [0.4, 0.5) is 14.5 Å². The summed E-state index contributed by atoms with van der Waals surface area (Å²) in [5.41, 5.74) is 2.88. The summed E-state index contributed by atoms with van der Waals surface area (Å²) in [5.74, 6) is -1.24. The van der Waals surface area contributed by atoms with Crippen molar-refractivity contribution in [3.05, 3.63) is 126 Å². The molecule has 2 aromatic heterocycles. The molecule has 1 N–H and O–H groups in total. The van der Waals surface area contributed by atoms with Crippen molar-refractivity contribution in [3.8, 4) is 17.1 Å². The Kier molecular flexibility index (Phi) is 6.34. The Morgan fingerprint density at radius 1 is 0.946 bits per heavy atom. The smallest absolute Gasteiger partial charge is 0.338 e. The molecule has 37 heavy (non-hydrogen) atoms. The Balaban J connectivity index is 1.48. The first-order valence-electron chi connectivity index (χ1n) is 11.2. The molecular weight excluding hydrogens is 478 g/mol. The summed E-state index contributed by atoms with van der Waals surface area (Å²) in [7, 11) is 0. The molecule has 0 aliphatic carbocycles. The van der Waals surface area contributed by atoms with E-state index in [1.54, 1.807) is 67.0 Å². The molecule has 5 rings (SSSR count). The molecule has 1 amide bonds. The minimum Gasteiger partial charge on any atom is -0.489 e. The number of anilines is 1. The van der Waals surface area contributed by atoms with Crippen LogP contribution in [0, 0.1) is 11.6 Å². The Bertz CT molecular complexity index is 1670. The van der Waals surface area contributed by atoms with E-state index in [-0.39, 0.29) is 18.2 Å². The molecule has 0 saturated carbocycles. The highest BCUT2D eigenvalue weighted by Crippen LogP contribution is 2.24. The summed E-state index contributed by atoms with van der Waals surface area (Å²) in [6.07, 6.45) is 4.36. The molecule has 0 spiro atoms. The lowest BCUT2D eigenvalue weighted by Crippen LogP contribution is -2.22. The lowest BCUT2D eigenvalue weighted by molar-refractivity contribution is -0.111. The van der Waals surface area contributed by atoms with E-state index in [2.05, 4.69) is 16.9 Å². The normalized spacial score (nSPS) is 10.9. The number of halogens is 2. The average molecular weight is 498 g/mol. The van der Waals surface area contributed by atoms with Crippen molar-refractivity contribution in [1.29, 1.82) is 0 Å². The molecule has 0 saturated heterocycles. The SMILES string of the molecule is C=CC(=O)Nc1cccc(-n2c(=O)n(-c3ccc(OCc4cc(F)cc(F)c4)cc3)c3cnccc32)c1. The molecule has 184 valence electrons. The Hall–Kier alpha value is -5.05. The molecule has 0 atom stereocenters. The van der Waals surface area contributed by atoms with Gasteiger partial charge in [0, 0.05) is 18.0 Å². The summed E-state index contributed by atoms with van der Waals surface area (Å²) < 4.78 is 35.6. The van der Waals surface area contributed by atoms with Gasteiger partial charge in [-0.25, -0.2) is 13.6 Å². The van der Waals surface area contributed by atoms with Gasteiger partial charge in [-0.2, -0.15) is 0 Å². The van der Waals surface area contributed by atoms with E-state index in [1.165, 1.54) is 27.3 Å². The number of aromatic nitrogens is 3. The maximum Gasteiger partial charge on any atom is 0.338 e. The number of nitrogens with one attached hydrogen (secondary N) is 1. The summed E-state index contributed by atoms with van der Waals surface area (Å²) in [4.78, 5) is 29.5. The lowest BCUT2D eigenvalue weighted by atomic mass is 10.2. The molecule has 0 fully saturated rings. The van der Waals surface area contributed by atoms with E-state index in [0.717, 1.165) is 6.07 Å². The number of carbonyl (C=O) groups excluding carboxylic acids is 1. The highest BCUT2D eigenvalue weighted by Gasteiger charge is 2.17. The summed E-state index contributed by atoms with van der Waals surface area (Å²) in [5, 5.41) is 2.70. The van der Waals surface area contributed by atoms with Crippen LogP contribution in [0.3, 0.4) is 0 Å². The number of benzene rings is 3. The van der Waals surface area contributed by atoms with E-state index >= 15 is 0 Å². The van der Waals surface area contributed by atoms with Crippen molar-refractivity contribution in [2.45, 2.75) is 6.61 Å². The predicted octanol–water partition coefficient (Wildman–Crippen LogP) is 5.16. The first-order valence-corrected chi connectivity index (χ1v) is 11.2. The molecule has 3 aromatic carbocycles. The first-order chi connectivity index (χ1) is 17.9. The average Bonchev–Trinajstić information content (AvgIpc) is 3.19. The van der Waals surface area contributed by atoms with Crippen molar-refractivity contribution < 1.29 is 18.3 Å². The second-order valence-corrected chi connectivity index (χ2v) is 8.12. The van der Waals surface area contributed by atoms with E-state index in [1.807, 2.05) is 0 Å². The number of rotatable bonds is 7. The number of hydrogen-bond donors (Lipinski definition) is 1. The minimum atomic E-state index is -0.674. The van der Waals surface area contributed by atoms with Gasteiger partial charge in [0.1, 0.15) is 24.0 Å². The lowest BCUT2D eigenvalue weighted by Gasteiger charge is -2.09. The molecule has 0 aliphatic rings. The van der Waals surface area contributed by atoms with Crippen LogP contribution in [-0.2, 0) is 11.4 Å². The molecule has 9 heteroatoms. The second kappa shape index (κ2) is 9.90. The number of ether oxygens (including phenoxy) is 1. The minimum absolute atomic E-state index is 0.0179. The maximum absolute atomic E-state index is 13.6. The van der Waals surface area contributed by atoms with Crippen LogP contribution in [0.25, 0.3) is 22.4 Å². The third kappa shape index (κ3) is 4.87. The maximum atomic E-state index is 13.6. The number of fused-ring (bicyclic) bond motifs is 1. The Morgan fingerprint density at radius 2 is 1.68 bits per heavy atom. The van der Waals surface area contributed by atoms with Gasteiger partial charge in [0.2, 0.25) is 5.91 Å². The molecular formula is C28H20F2N4O3. The molecule has 5 aromatic rings. The van der Waals surface area contributed by atoms with Gasteiger partial charge < -0.3 is 10.1 Å². The van der Waals surface area contributed by atoms with Crippen LogP contribution in [0.5, 0.6) is 5.75 Å². The summed E-state index contributed by atoms with van der Waals surface area (Å²) in [6.45, 7) is 3.43. The van der Waals surface area contributed by atoms with Crippen molar-refractivity contribution in [2.24, 2.45) is 0 Å². The fourth-order valence-corrected chi connectivity index (χ4v) is 4.01. The first kappa shape index (κ1) is 23.7. The number of imidazole rings is 1. The fourth-order valence-electron chi connectivity index (χ4n) is 4.01. The van der Waals surface area contributed by atoms with Crippen LogP contribution in [0.2, 0.25) is 0 Å². The number of amides is 1. The highest BCUT2D eigenvalue weighted by atomic mass is 19.1. The number of carbonyl (C=O) groups is 1. The van der Waals surface area contributed by atoms with Crippen molar-refractivity contribution in [3.63, 3.8) is 0 Å². The number of nitrogens with zero attached hydrogens (tertiary/aromatic N) is 3. The molecule has 0 bridgehead atoms. The third-order valence-electron chi connectivity index (χ3n) is 5.62. The molecule has 0 radical (unpaired) electrons. The van der Waals surface area contributed by atoms with Crippen LogP contribution in [0.15, 0.2) is 103 Å². The van der Waals surface area contributed by atoms with Crippen LogP contribution in [-0.4, -0.2) is 20.0 Å². The standard InChI is InChI=1S/C28H20F2N4O3/c1-2-27(35)32-21-4-3-5-23(15-21)34-25-10-11-31-16-26(25)33(28(34)36)22-6-8-24(9-7-22)37-17-18-12-19(29)14-20(30)13-18/h2-16H,1,17H2,(H,32,35). The third-order valence-corrected chi connectivity index (χ3v) is 5.62. The van der Waals surface area contributed by atoms with Gasteiger partial charge in [-0.1, -0.05) is 12.6 Å². The second-order valence-electron chi connectivity index (χ2n) is 8.12. The van der Waals surface area contributed by atoms with Crippen LogP contribution in [0.1, 0.15) is 5.56 Å². The van der Waals surface area contributed by atoms with Crippen molar-refractivity contribution >= 4 is 22.6 Å². The van der Waals surface area contributed by atoms with E-state index in [0.29, 0.717) is 39.4 Å². The summed E-state index contributed by atoms with van der Waals surface area (Å²) in [6, 6.07) is 18.6. The van der Waals surface area contributed by atoms with Crippen LogP contribution >= 0.6 is 0 Å². The van der Waals surface area contributed by atoms with Crippen molar-refractivity contribution in [1.82, 2.24) is 14.1 Å². The monoisotopic (exact) mass is 498 g/mol. The number of pyridine rings is 1. The topological polar surface area (TPSA) is 78.2 Å². The quantitative estimate of drug-likeness (QED) is 0.315. The van der Waals surface area contributed by atoms with Gasteiger partial charge in [-0.15, -0.1) is 0 Å². The highest BCUT2D eigenvalue weighted by molar-refractivity contribution is 5.99. The van der Waals surface area contributed by atoms with Gasteiger partial charge in [0.25, 0.3) is 0 Å². The molecule has 2 heterocycles. The number of hydrogen-bond acceptors (Lipinski definition) is 4. The van der Waals surface area contributed by atoms with Gasteiger partial charge in [-0.05, 0) is 72.3 Å². The van der Waals surface area contributed by atoms with E-state index in [4.69, 9.17) is 4.74 Å². The zero-order valence-electron chi connectivity index (χ0n) is 19.4. The fraction of sp³-hybridized carbons (Fsp3) is 0.0357. The Morgan fingerprint density at radius 3 is 2.41 bits per heavy atom. The molecule has 0 unspecified atom stereocenters. The van der Waals surface area contributed by atoms with Gasteiger partial charge in [-0.3, -0.25) is 18.9 Å². The van der Waals surface area contributed by atoms with Crippen molar-refractivity contribution in [2.75, 3.05) is 5.32 Å². The molecule has 0 aliphatic heterocycles. The predicted molar refractivity (Wildman–Crippen MR) is 136 cm³/mol. The van der Waals surface area contributed by atoms with E-state index < -0.39 is 11.6 Å². The van der Waals surface area contributed by atoms with Gasteiger partial charge in [0.05, 0.1) is 28.6 Å². The molecule has 7 nitrogen and oxygen atoms in total. The van der Waals surface area contributed by atoms with Gasteiger partial charge >= 0.3 is 5.69 Å². The van der Waals surface area contributed by atoms with Crippen LogP contribution < -0.4 is 15.7 Å². The zero-order valence-corrected chi connectivity index (χ0v) is 19.4. The zero-order chi connectivity index (χ0) is 25.9. The Labute approximate surface area is 209 Å². The van der Waals surface area contributed by atoms with E-state index in [9.17, 15) is 18.4 Å².